The van der Waals surface area contributed by atoms with Crippen LogP contribution < -0.4 is 10.6 Å². The van der Waals surface area contributed by atoms with Gasteiger partial charge in [-0.25, -0.2) is 0 Å². The number of para-hydroxylation sites is 1. The Bertz CT molecular complexity index is 818. The number of halogens is 1. The van der Waals surface area contributed by atoms with Crippen LogP contribution in [0.2, 0.25) is 0 Å². The smallest absolute Gasteiger partial charge is 0.256 e. The molecule has 0 atom stereocenters. The fourth-order valence-electron chi connectivity index (χ4n) is 2.21. The molecule has 0 radical (unpaired) electrons. The van der Waals surface area contributed by atoms with Crippen LogP contribution in [0.5, 0.6) is 0 Å². The van der Waals surface area contributed by atoms with Gasteiger partial charge in [0.15, 0.2) is 0 Å². The minimum Gasteiger partial charge on any atom is -0.355 e. The Kier molecular flexibility index (Phi) is 4.92. The van der Waals surface area contributed by atoms with E-state index in [2.05, 4.69) is 33.2 Å². The molecule has 0 aromatic heterocycles. The molecule has 0 heterocycles. The van der Waals surface area contributed by atoms with E-state index in [1.54, 1.807) is 0 Å². The summed E-state index contributed by atoms with van der Waals surface area (Å²) >= 11 is 2.17. The quantitative estimate of drug-likeness (QED) is 0.570. The molecule has 4 heteroatoms. The largest absolute Gasteiger partial charge is 0.355 e. The van der Waals surface area contributed by atoms with Gasteiger partial charge in [0.1, 0.15) is 0 Å². The number of hydrogen-bond donors (Lipinski definition) is 2. The Morgan fingerprint density at radius 3 is 2.17 bits per heavy atom. The third-order valence-electron chi connectivity index (χ3n) is 3.30. The highest BCUT2D eigenvalue weighted by molar-refractivity contribution is 14.1. The maximum atomic E-state index is 12.4. The number of rotatable bonds is 4. The van der Waals surface area contributed by atoms with E-state index in [1.807, 2.05) is 78.9 Å². The number of carbonyl (C=O) groups is 1. The summed E-state index contributed by atoms with van der Waals surface area (Å²) in [5.74, 6) is -0.105. The third kappa shape index (κ3) is 4.10. The molecule has 3 rings (SSSR count). The van der Waals surface area contributed by atoms with E-state index in [4.69, 9.17) is 0 Å². The first-order chi connectivity index (χ1) is 11.2. The van der Waals surface area contributed by atoms with Crippen molar-refractivity contribution in [3.63, 3.8) is 0 Å². The molecule has 0 unspecified atom stereocenters. The fourth-order valence-corrected chi connectivity index (χ4v) is 2.84. The summed E-state index contributed by atoms with van der Waals surface area (Å²) in [5.41, 5.74) is 3.37. The average Bonchev–Trinajstić information content (AvgIpc) is 2.56. The van der Waals surface area contributed by atoms with E-state index in [-0.39, 0.29) is 5.91 Å². The van der Waals surface area contributed by atoms with Gasteiger partial charge in [-0.1, -0.05) is 36.4 Å². The van der Waals surface area contributed by atoms with Crippen LogP contribution in [0.15, 0.2) is 78.9 Å². The van der Waals surface area contributed by atoms with E-state index in [9.17, 15) is 4.79 Å². The van der Waals surface area contributed by atoms with Crippen molar-refractivity contribution in [3.8, 4) is 0 Å². The summed E-state index contributed by atoms with van der Waals surface area (Å²) in [7, 11) is 0. The maximum Gasteiger partial charge on any atom is 0.256 e. The minimum absolute atomic E-state index is 0.105. The van der Waals surface area contributed by atoms with Crippen molar-refractivity contribution in [2.75, 3.05) is 10.6 Å². The van der Waals surface area contributed by atoms with Gasteiger partial charge in [-0.15, -0.1) is 0 Å². The zero-order chi connectivity index (χ0) is 16.1. The predicted octanol–water partition coefficient (Wildman–Crippen LogP) is 5.29. The van der Waals surface area contributed by atoms with Crippen molar-refractivity contribution in [1.82, 2.24) is 0 Å². The monoisotopic (exact) mass is 414 g/mol. The Morgan fingerprint density at radius 1 is 0.739 bits per heavy atom. The van der Waals surface area contributed by atoms with Crippen LogP contribution in [0.1, 0.15) is 10.4 Å². The molecule has 0 aliphatic rings. The van der Waals surface area contributed by atoms with Crippen molar-refractivity contribution < 1.29 is 4.79 Å². The van der Waals surface area contributed by atoms with Gasteiger partial charge < -0.3 is 10.6 Å². The van der Waals surface area contributed by atoms with Crippen LogP contribution in [-0.4, -0.2) is 5.91 Å². The minimum atomic E-state index is -0.105. The maximum absolute atomic E-state index is 12.4. The summed E-state index contributed by atoms with van der Waals surface area (Å²) in [6.07, 6.45) is 0. The van der Waals surface area contributed by atoms with Crippen molar-refractivity contribution >= 4 is 45.6 Å². The van der Waals surface area contributed by atoms with Gasteiger partial charge in [0.25, 0.3) is 5.91 Å². The Hall–Kier alpha value is -2.34. The van der Waals surface area contributed by atoms with E-state index in [0.717, 1.165) is 20.6 Å². The van der Waals surface area contributed by atoms with Gasteiger partial charge >= 0.3 is 0 Å². The molecule has 0 bridgehead atoms. The highest BCUT2D eigenvalue weighted by Crippen LogP contribution is 2.21. The molecule has 0 spiro atoms. The molecular weight excluding hydrogens is 399 g/mol. The van der Waals surface area contributed by atoms with E-state index >= 15 is 0 Å². The molecule has 0 saturated heterocycles. The molecule has 1 amide bonds. The second kappa shape index (κ2) is 7.28. The Morgan fingerprint density at radius 2 is 1.39 bits per heavy atom. The molecule has 0 aliphatic carbocycles. The van der Waals surface area contributed by atoms with Crippen LogP contribution in [0.25, 0.3) is 0 Å². The molecule has 114 valence electrons. The van der Waals surface area contributed by atoms with Crippen molar-refractivity contribution in [3.05, 3.63) is 88.0 Å². The normalized spacial score (nSPS) is 10.1. The lowest BCUT2D eigenvalue weighted by atomic mass is 10.2. The SMILES string of the molecule is O=C(Nc1cccc(Nc2ccccc2)c1)c1ccccc1I. The van der Waals surface area contributed by atoms with Gasteiger partial charge in [-0.2, -0.15) is 0 Å². The first kappa shape index (κ1) is 15.6. The second-order valence-electron chi connectivity index (χ2n) is 5.01. The standard InChI is InChI=1S/C19H15IN2O/c20-18-12-5-4-11-17(18)19(23)22-16-10-6-9-15(13-16)21-14-7-2-1-3-8-14/h1-13,21H,(H,22,23). The van der Waals surface area contributed by atoms with Crippen molar-refractivity contribution in [2.45, 2.75) is 0 Å². The van der Waals surface area contributed by atoms with Crippen LogP contribution >= 0.6 is 22.6 Å². The number of anilines is 3. The molecule has 0 saturated carbocycles. The molecule has 0 aliphatic heterocycles. The van der Waals surface area contributed by atoms with Gasteiger partial charge in [0, 0.05) is 20.6 Å². The summed E-state index contributed by atoms with van der Waals surface area (Å²) in [6, 6.07) is 25.1. The number of carbonyl (C=O) groups excluding carboxylic acids is 1. The Labute approximate surface area is 148 Å². The fraction of sp³-hybridized carbons (Fsp3) is 0. The zero-order valence-electron chi connectivity index (χ0n) is 12.3. The molecule has 0 fully saturated rings. The first-order valence-corrected chi connectivity index (χ1v) is 8.28. The molecule has 3 aromatic rings. The highest BCUT2D eigenvalue weighted by Gasteiger charge is 2.09. The number of amides is 1. The molecule has 2 N–H and O–H groups in total. The number of nitrogens with one attached hydrogen (secondary N) is 2. The van der Waals surface area contributed by atoms with Crippen LogP contribution in [0.3, 0.4) is 0 Å². The van der Waals surface area contributed by atoms with Gasteiger partial charge in [0.05, 0.1) is 5.56 Å². The van der Waals surface area contributed by atoms with Gasteiger partial charge in [-0.3, -0.25) is 4.79 Å². The predicted molar refractivity (Wildman–Crippen MR) is 103 cm³/mol. The van der Waals surface area contributed by atoms with E-state index < -0.39 is 0 Å². The third-order valence-corrected chi connectivity index (χ3v) is 4.24. The van der Waals surface area contributed by atoms with E-state index in [0.29, 0.717) is 5.56 Å². The Balaban J connectivity index is 1.75. The van der Waals surface area contributed by atoms with Crippen LogP contribution in [-0.2, 0) is 0 Å². The second-order valence-corrected chi connectivity index (χ2v) is 6.17. The average molecular weight is 414 g/mol. The molecular formula is C19H15IN2O. The molecule has 3 aromatic carbocycles. The summed E-state index contributed by atoms with van der Waals surface area (Å²) in [4.78, 5) is 12.4. The van der Waals surface area contributed by atoms with Gasteiger partial charge in [0.2, 0.25) is 0 Å². The van der Waals surface area contributed by atoms with Crippen LogP contribution in [0, 0.1) is 3.57 Å². The van der Waals surface area contributed by atoms with Crippen molar-refractivity contribution in [1.29, 1.82) is 0 Å². The van der Waals surface area contributed by atoms with Crippen LogP contribution in [0.4, 0.5) is 17.1 Å². The number of benzene rings is 3. The highest BCUT2D eigenvalue weighted by atomic mass is 127. The van der Waals surface area contributed by atoms with Gasteiger partial charge in [-0.05, 0) is 65.1 Å². The molecule has 3 nitrogen and oxygen atoms in total. The lowest BCUT2D eigenvalue weighted by molar-refractivity contribution is 0.102. The summed E-state index contributed by atoms with van der Waals surface area (Å²) in [5, 5.41) is 6.26. The topological polar surface area (TPSA) is 41.1 Å². The van der Waals surface area contributed by atoms with E-state index in [1.165, 1.54) is 0 Å². The summed E-state index contributed by atoms with van der Waals surface area (Å²) < 4.78 is 0.932. The zero-order valence-corrected chi connectivity index (χ0v) is 14.4. The lowest BCUT2D eigenvalue weighted by Crippen LogP contribution is -2.13. The summed E-state index contributed by atoms with van der Waals surface area (Å²) in [6.45, 7) is 0. The lowest BCUT2D eigenvalue weighted by Gasteiger charge is -2.10. The number of hydrogen-bond acceptors (Lipinski definition) is 2. The van der Waals surface area contributed by atoms with Crippen molar-refractivity contribution in [2.24, 2.45) is 0 Å². The molecule has 23 heavy (non-hydrogen) atoms. The first-order valence-electron chi connectivity index (χ1n) is 7.20.